The van der Waals surface area contributed by atoms with Gasteiger partial charge < -0.3 is 15.7 Å². The number of aryl methyl sites for hydroxylation is 1. The Hall–Kier alpha value is -2.30. The van der Waals surface area contributed by atoms with E-state index < -0.39 is 29.3 Å². The second kappa shape index (κ2) is 8.80. The third-order valence-corrected chi connectivity index (χ3v) is 7.33. The second-order valence-corrected chi connectivity index (χ2v) is 9.34. The molecule has 10 nitrogen and oxygen atoms in total. The lowest BCUT2D eigenvalue weighted by atomic mass is 10.0. The van der Waals surface area contributed by atoms with E-state index in [1.54, 1.807) is 0 Å². The van der Waals surface area contributed by atoms with E-state index in [9.17, 15) is 19.5 Å². The fraction of sp³-hybridized carbons (Fsp3) is 0.467. The highest BCUT2D eigenvalue weighted by Gasteiger charge is 2.54. The van der Waals surface area contributed by atoms with Crippen LogP contribution < -0.4 is 10.6 Å². The van der Waals surface area contributed by atoms with Crippen LogP contribution in [0.2, 0.25) is 0 Å². The van der Waals surface area contributed by atoms with Gasteiger partial charge in [-0.1, -0.05) is 23.1 Å². The Balaban J connectivity index is 1.66. The molecular weight excluding hydrogens is 424 g/mol. The first-order chi connectivity index (χ1) is 13.4. The number of rotatable bonds is 7. The molecule has 1 unspecified atom stereocenters. The molecule has 3 rings (SSSR count). The van der Waals surface area contributed by atoms with Crippen LogP contribution in [0.25, 0.3) is 0 Å². The summed E-state index contributed by atoms with van der Waals surface area (Å²) in [5.74, 6) is -0.791. The van der Waals surface area contributed by atoms with Crippen LogP contribution in [-0.2, 0) is 9.59 Å². The zero-order valence-corrected chi connectivity index (χ0v) is 17.1. The van der Waals surface area contributed by atoms with Crippen molar-refractivity contribution in [3.8, 4) is 6.07 Å². The highest BCUT2D eigenvalue weighted by Crippen LogP contribution is 2.41. The van der Waals surface area contributed by atoms with E-state index in [0.717, 1.165) is 9.35 Å². The van der Waals surface area contributed by atoms with E-state index >= 15 is 0 Å². The minimum atomic E-state index is -1.17. The first-order valence-electron chi connectivity index (χ1n) is 8.16. The van der Waals surface area contributed by atoms with E-state index in [0.29, 0.717) is 17.1 Å². The summed E-state index contributed by atoms with van der Waals surface area (Å²) < 4.78 is 0.741. The molecule has 13 heteroatoms. The normalized spacial score (nSPS) is 20.9. The van der Waals surface area contributed by atoms with Crippen LogP contribution in [0.1, 0.15) is 11.4 Å². The average Bonchev–Trinajstić information content (AvgIpc) is 3.08. The second-order valence-electron chi connectivity index (χ2n) is 5.83. The van der Waals surface area contributed by atoms with Crippen molar-refractivity contribution in [2.24, 2.45) is 0 Å². The maximum atomic E-state index is 12.5. The van der Waals surface area contributed by atoms with Gasteiger partial charge in [0, 0.05) is 18.1 Å². The predicted molar refractivity (Wildman–Crippen MR) is 104 cm³/mol. The van der Waals surface area contributed by atoms with Crippen molar-refractivity contribution >= 4 is 52.8 Å². The number of nitrogens with zero attached hydrogens (tertiary/aromatic N) is 4. The number of nitriles is 1. The quantitative estimate of drug-likeness (QED) is 0.317. The van der Waals surface area contributed by atoms with Crippen LogP contribution in [0.5, 0.6) is 0 Å². The number of carbonyl (C=O) groups excluding carboxylic acids is 2. The monoisotopic (exact) mass is 440 g/mol. The Morgan fingerprint density at radius 3 is 2.89 bits per heavy atom. The third-order valence-electron chi connectivity index (χ3n) is 3.94. The summed E-state index contributed by atoms with van der Waals surface area (Å²) in [6.45, 7) is 2.02. The first kappa shape index (κ1) is 20.4. The van der Waals surface area contributed by atoms with Crippen molar-refractivity contribution in [3.63, 3.8) is 0 Å². The smallest absolute Gasteiger partial charge is 0.352 e. The molecule has 0 aliphatic carbocycles. The molecule has 2 atom stereocenters. The minimum absolute atomic E-state index is 0.0228. The molecule has 2 aliphatic rings. The number of hydrogen-bond donors (Lipinski definition) is 3. The highest BCUT2D eigenvalue weighted by molar-refractivity contribution is 8.01. The van der Waals surface area contributed by atoms with Gasteiger partial charge in [0.15, 0.2) is 4.34 Å². The van der Waals surface area contributed by atoms with E-state index in [4.69, 9.17) is 5.26 Å². The number of amides is 3. The average molecular weight is 441 g/mol. The number of carbonyl (C=O) groups is 3. The number of hydrogen-bond acceptors (Lipinski definition) is 9. The summed E-state index contributed by atoms with van der Waals surface area (Å²) in [4.78, 5) is 37.3. The van der Waals surface area contributed by atoms with Crippen molar-refractivity contribution in [1.29, 1.82) is 5.26 Å². The Morgan fingerprint density at radius 1 is 1.46 bits per heavy atom. The lowest BCUT2D eigenvalue weighted by Crippen LogP contribution is -2.71. The summed E-state index contributed by atoms with van der Waals surface area (Å²) in [5.41, 5.74) is 0.613. The Kier molecular flexibility index (Phi) is 6.42. The minimum Gasteiger partial charge on any atom is -0.477 e. The first-order valence-corrected chi connectivity index (χ1v) is 11.0. The molecule has 0 radical (unpaired) electrons. The Bertz CT molecular complexity index is 879. The molecule has 0 aromatic carbocycles. The van der Waals surface area contributed by atoms with Crippen molar-refractivity contribution < 1.29 is 19.5 Å². The number of fused-ring (bicyclic) bond motifs is 1. The molecule has 3 N–H and O–H groups in total. The van der Waals surface area contributed by atoms with Gasteiger partial charge in [0.1, 0.15) is 22.1 Å². The molecule has 148 valence electrons. The van der Waals surface area contributed by atoms with Gasteiger partial charge in [0.25, 0.3) is 5.91 Å². The fourth-order valence-electron chi connectivity index (χ4n) is 2.70. The summed E-state index contributed by atoms with van der Waals surface area (Å²) in [5, 5.41) is 31.5. The van der Waals surface area contributed by atoms with Gasteiger partial charge in [-0.25, -0.2) is 9.59 Å². The summed E-state index contributed by atoms with van der Waals surface area (Å²) in [6.07, 6.45) is 0.164. The van der Waals surface area contributed by atoms with Crippen LogP contribution >= 0.6 is 34.9 Å². The molecular formula is C15H16N6O4S3. The summed E-state index contributed by atoms with van der Waals surface area (Å²) in [7, 11) is 0. The molecule has 3 amide bonds. The van der Waals surface area contributed by atoms with Gasteiger partial charge in [0.05, 0.1) is 12.5 Å². The van der Waals surface area contributed by atoms with Crippen LogP contribution in [0.15, 0.2) is 15.6 Å². The molecule has 0 spiro atoms. The van der Waals surface area contributed by atoms with Crippen molar-refractivity contribution in [1.82, 2.24) is 25.7 Å². The van der Waals surface area contributed by atoms with Crippen LogP contribution in [0.3, 0.4) is 0 Å². The zero-order chi connectivity index (χ0) is 20.3. The third kappa shape index (κ3) is 4.23. The van der Waals surface area contributed by atoms with Crippen molar-refractivity contribution in [2.45, 2.75) is 29.1 Å². The van der Waals surface area contributed by atoms with Gasteiger partial charge >= 0.3 is 12.0 Å². The number of β-lactam (4-membered cyclic amide) rings is 1. The molecule has 28 heavy (non-hydrogen) atoms. The van der Waals surface area contributed by atoms with E-state index in [1.807, 2.05) is 13.0 Å². The number of nitrogens with one attached hydrogen (secondary N) is 2. The molecule has 3 heterocycles. The van der Waals surface area contributed by atoms with Gasteiger partial charge in [-0.05, 0) is 12.5 Å². The van der Waals surface area contributed by atoms with E-state index in [1.165, 1.54) is 39.8 Å². The van der Waals surface area contributed by atoms with Crippen LogP contribution in [0, 0.1) is 18.3 Å². The molecule has 2 aliphatic heterocycles. The molecule has 1 aromatic heterocycles. The van der Waals surface area contributed by atoms with Crippen LogP contribution in [0.4, 0.5) is 4.79 Å². The van der Waals surface area contributed by atoms with E-state index in [-0.39, 0.29) is 18.7 Å². The van der Waals surface area contributed by atoms with Gasteiger partial charge in [-0.3, -0.25) is 9.69 Å². The molecule has 1 aromatic rings. The number of carboxylic acids is 1. The number of urea groups is 1. The highest BCUT2D eigenvalue weighted by atomic mass is 32.2. The lowest BCUT2D eigenvalue weighted by Gasteiger charge is -2.49. The maximum Gasteiger partial charge on any atom is 0.352 e. The number of thioether (sulfide) groups is 2. The van der Waals surface area contributed by atoms with Crippen molar-refractivity contribution in [3.05, 3.63) is 16.3 Å². The van der Waals surface area contributed by atoms with Crippen LogP contribution in [-0.4, -0.2) is 67.6 Å². The van der Waals surface area contributed by atoms with E-state index in [2.05, 4.69) is 20.8 Å². The summed E-state index contributed by atoms with van der Waals surface area (Å²) in [6, 6.07) is 0.560. The topological polar surface area (TPSA) is 148 Å². The SMILES string of the molecule is Cc1nnc(SCC2=C(C(=O)O)N3C(=O)C(NC(=O)NCCC#N)[C@H]3SC2)s1. The standard InChI is InChI=1S/C15H16N6O4S3/c1-7-19-20-15(28-7)27-6-8-5-26-12-9(18-14(25)17-4-2-3-16)11(22)21(12)10(8)13(23)24/h9,12H,2,4-6H2,1H3,(H,23,24)(H2,17,18,25)/t9?,12-/m1/s1. The number of carboxylic acid groups (broad SMARTS) is 1. The molecule has 1 fully saturated rings. The Labute approximate surface area is 172 Å². The lowest BCUT2D eigenvalue weighted by molar-refractivity contribution is -0.148. The molecule has 1 saturated heterocycles. The van der Waals surface area contributed by atoms with Crippen molar-refractivity contribution in [2.75, 3.05) is 18.1 Å². The maximum absolute atomic E-state index is 12.5. The largest absolute Gasteiger partial charge is 0.477 e. The zero-order valence-electron chi connectivity index (χ0n) is 14.7. The van der Waals surface area contributed by atoms with Gasteiger partial charge in [-0.2, -0.15) is 5.26 Å². The van der Waals surface area contributed by atoms with Gasteiger partial charge in [-0.15, -0.1) is 22.0 Å². The predicted octanol–water partition coefficient (Wildman–Crippen LogP) is 0.774. The molecule has 0 saturated carbocycles. The summed E-state index contributed by atoms with van der Waals surface area (Å²) >= 11 is 4.22. The number of aromatic nitrogens is 2. The fourth-order valence-corrected chi connectivity index (χ4v) is 6.00. The number of aliphatic carboxylic acids is 1. The Morgan fingerprint density at radius 2 is 2.25 bits per heavy atom. The van der Waals surface area contributed by atoms with Gasteiger partial charge in [0.2, 0.25) is 0 Å². The molecule has 0 bridgehead atoms.